The zero-order chi connectivity index (χ0) is 13.2. The third kappa shape index (κ3) is 3.27. The van der Waals surface area contributed by atoms with Crippen molar-refractivity contribution in [2.45, 2.75) is 19.9 Å². The minimum atomic E-state index is -0.302. The van der Waals surface area contributed by atoms with Crippen LogP contribution in [0.3, 0.4) is 0 Å². The Hall–Kier alpha value is -1.42. The third-order valence-electron chi connectivity index (χ3n) is 2.53. The number of hydrogen-bond donors (Lipinski definition) is 2. The van der Waals surface area contributed by atoms with E-state index in [4.69, 9.17) is 17.3 Å². The molecule has 0 bridgehead atoms. The smallest absolute Gasteiger partial charge is 0.244 e. The molecule has 1 aromatic carbocycles. The van der Waals surface area contributed by atoms with E-state index in [0.717, 1.165) is 11.3 Å². The van der Waals surface area contributed by atoms with Gasteiger partial charge in [-0.1, -0.05) is 11.6 Å². The van der Waals surface area contributed by atoms with Crippen molar-refractivity contribution in [2.75, 3.05) is 25.1 Å². The van der Waals surface area contributed by atoms with Gasteiger partial charge in [-0.3, -0.25) is 4.79 Å². The number of anilines is 2. The molecule has 0 saturated heterocycles. The first-order valence-electron chi connectivity index (χ1n) is 5.36. The highest BCUT2D eigenvalue weighted by molar-refractivity contribution is 6.33. The monoisotopic (exact) mass is 255 g/mol. The summed E-state index contributed by atoms with van der Waals surface area (Å²) in [5.74, 6) is 0.0114. The molecule has 0 fully saturated rings. The number of nitrogens with zero attached hydrogens (tertiary/aromatic N) is 1. The first kappa shape index (κ1) is 13.6. The average molecular weight is 256 g/mol. The summed E-state index contributed by atoms with van der Waals surface area (Å²) in [4.78, 5) is 13.3. The highest BCUT2D eigenvalue weighted by atomic mass is 35.5. The van der Waals surface area contributed by atoms with Gasteiger partial charge in [0, 0.05) is 19.8 Å². The van der Waals surface area contributed by atoms with E-state index >= 15 is 0 Å². The first-order valence-corrected chi connectivity index (χ1v) is 5.74. The molecule has 0 heterocycles. The van der Waals surface area contributed by atoms with Crippen molar-refractivity contribution in [3.63, 3.8) is 0 Å². The van der Waals surface area contributed by atoms with Crippen LogP contribution in [0.15, 0.2) is 12.1 Å². The van der Waals surface area contributed by atoms with Gasteiger partial charge in [0.05, 0.1) is 10.7 Å². The molecule has 1 unspecified atom stereocenters. The minimum absolute atomic E-state index is 0.0114. The molecule has 0 aromatic heterocycles. The van der Waals surface area contributed by atoms with E-state index in [1.54, 1.807) is 31.1 Å². The molecule has 0 saturated carbocycles. The molecule has 4 nitrogen and oxygen atoms in total. The van der Waals surface area contributed by atoms with Crippen LogP contribution in [0.4, 0.5) is 11.4 Å². The van der Waals surface area contributed by atoms with Crippen LogP contribution in [0.1, 0.15) is 12.5 Å². The summed E-state index contributed by atoms with van der Waals surface area (Å²) in [5, 5.41) is 3.62. The van der Waals surface area contributed by atoms with Gasteiger partial charge in [0.25, 0.3) is 0 Å². The van der Waals surface area contributed by atoms with Crippen molar-refractivity contribution in [1.82, 2.24) is 4.90 Å². The lowest BCUT2D eigenvalue weighted by molar-refractivity contribution is -0.129. The quantitative estimate of drug-likeness (QED) is 0.814. The van der Waals surface area contributed by atoms with Gasteiger partial charge < -0.3 is 16.0 Å². The first-order chi connectivity index (χ1) is 7.82. The van der Waals surface area contributed by atoms with Crippen LogP contribution in [0.5, 0.6) is 0 Å². The highest BCUT2D eigenvalue weighted by Gasteiger charge is 2.15. The SMILES string of the molecule is Cc1cc(N)c(Cl)cc1NC(C)C(=O)N(C)C. The normalized spacial score (nSPS) is 12.1. The fraction of sp³-hybridized carbons (Fsp3) is 0.417. The van der Waals surface area contributed by atoms with Crippen LogP contribution in [0.2, 0.25) is 5.02 Å². The molecule has 94 valence electrons. The van der Waals surface area contributed by atoms with E-state index in [1.807, 2.05) is 13.8 Å². The Labute approximate surface area is 107 Å². The van der Waals surface area contributed by atoms with Crippen LogP contribution in [-0.2, 0) is 4.79 Å². The minimum Gasteiger partial charge on any atom is -0.398 e. The second-order valence-electron chi connectivity index (χ2n) is 4.29. The molecule has 0 radical (unpaired) electrons. The van der Waals surface area contributed by atoms with Gasteiger partial charge in [0.2, 0.25) is 5.91 Å². The molecule has 5 heteroatoms. The molecule has 0 aliphatic heterocycles. The highest BCUT2D eigenvalue weighted by Crippen LogP contribution is 2.27. The van der Waals surface area contributed by atoms with Crippen LogP contribution in [0, 0.1) is 6.92 Å². The standard InChI is InChI=1S/C12H18ClN3O/c1-7-5-10(14)9(13)6-11(7)15-8(2)12(17)16(3)4/h5-6,8,15H,14H2,1-4H3. The zero-order valence-electron chi connectivity index (χ0n) is 10.5. The molecule has 0 aliphatic rings. The predicted molar refractivity (Wildman–Crippen MR) is 72.4 cm³/mol. The fourth-order valence-corrected chi connectivity index (χ4v) is 1.71. The number of nitrogen functional groups attached to an aromatic ring is 1. The Kier molecular flexibility index (Phi) is 4.23. The summed E-state index contributed by atoms with van der Waals surface area (Å²) in [5.41, 5.74) is 8.03. The summed E-state index contributed by atoms with van der Waals surface area (Å²) in [7, 11) is 3.45. The Morgan fingerprint density at radius 1 is 1.47 bits per heavy atom. The number of hydrogen-bond acceptors (Lipinski definition) is 3. The number of carbonyl (C=O) groups is 1. The van der Waals surface area contributed by atoms with Crippen molar-refractivity contribution in [3.05, 3.63) is 22.7 Å². The van der Waals surface area contributed by atoms with Crippen LogP contribution < -0.4 is 11.1 Å². The molecule has 1 amide bonds. The number of aryl methyl sites for hydroxylation is 1. The number of amides is 1. The predicted octanol–water partition coefficient (Wildman–Crippen LogP) is 2.12. The van der Waals surface area contributed by atoms with E-state index in [0.29, 0.717) is 10.7 Å². The van der Waals surface area contributed by atoms with Crippen molar-refractivity contribution in [2.24, 2.45) is 0 Å². The molecule has 1 rings (SSSR count). The number of carbonyl (C=O) groups excluding carboxylic acids is 1. The number of benzene rings is 1. The van der Waals surface area contributed by atoms with Crippen molar-refractivity contribution >= 4 is 28.9 Å². The number of likely N-dealkylation sites (N-methyl/N-ethyl adjacent to an activating group) is 1. The topological polar surface area (TPSA) is 58.4 Å². The van der Waals surface area contributed by atoms with E-state index in [2.05, 4.69) is 5.32 Å². The maximum Gasteiger partial charge on any atom is 0.244 e. The maximum atomic E-state index is 11.7. The summed E-state index contributed by atoms with van der Waals surface area (Å²) >= 11 is 5.95. The van der Waals surface area contributed by atoms with Gasteiger partial charge in [-0.05, 0) is 31.5 Å². The molecule has 0 aliphatic carbocycles. The third-order valence-corrected chi connectivity index (χ3v) is 2.85. The van der Waals surface area contributed by atoms with Crippen molar-refractivity contribution in [1.29, 1.82) is 0 Å². The van der Waals surface area contributed by atoms with E-state index in [1.165, 1.54) is 0 Å². The lowest BCUT2D eigenvalue weighted by Gasteiger charge is -2.20. The van der Waals surface area contributed by atoms with Gasteiger partial charge >= 0.3 is 0 Å². The van der Waals surface area contributed by atoms with Gasteiger partial charge in [-0.15, -0.1) is 0 Å². The van der Waals surface area contributed by atoms with Gasteiger partial charge in [0.1, 0.15) is 6.04 Å². The van der Waals surface area contributed by atoms with Crippen LogP contribution >= 0.6 is 11.6 Å². The second kappa shape index (κ2) is 5.27. The fourth-order valence-electron chi connectivity index (χ4n) is 1.54. The number of nitrogens with one attached hydrogen (secondary N) is 1. The van der Waals surface area contributed by atoms with E-state index < -0.39 is 0 Å². The summed E-state index contributed by atoms with van der Waals surface area (Å²) in [6, 6.07) is 3.23. The molecular weight excluding hydrogens is 238 g/mol. The van der Waals surface area contributed by atoms with Gasteiger partial charge in [0.15, 0.2) is 0 Å². The van der Waals surface area contributed by atoms with Gasteiger partial charge in [-0.2, -0.15) is 0 Å². The molecule has 0 spiro atoms. The second-order valence-corrected chi connectivity index (χ2v) is 4.69. The molecule has 1 aromatic rings. The van der Waals surface area contributed by atoms with Crippen molar-refractivity contribution < 1.29 is 4.79 Å². The van der Waals surface area contributed by atoms with Crippen molar-refractivity contribution in [3.8, 4) is 0 Å². The van der Waals surface area contributed by atoms with E-state index in [-0.39, 0.29) is 11.9 Å². The number of rotatable bonds is 3. The Morgan fingerprint density at radius 3 is 2.59 bits per heavy atom. The Bertz CT molecular complexity index is 432. The van der Waals surface area contributed by atoms with Crippen LogP contribution in [0.25, 0.3) is 0 Å². The summed E-state index contributed by atoms with van der Waals surface area (Å²) in [6.07, 6.45) is 0. The molecular formula is C12H18ClN3O. The number of nitrogens with two attached hydrogens (primary N) is 1. The number of halogens is 1. The zero-order valence-corrected chi connectivity index (χ0v) is 11.3. The summed E-state index contributed by atoms with van der Waals surface area (Å²) in [6.45, 7) is 3.73. The lowest BCUT2D eigenvalue weighted by atomic mass is 10.1. The molecule has 1 atom stereocenters. The maximum absolute atomic E-state index is 11.7. The largest absolute Gasteiger partial charge is 0.398 e. The molecule has 17 heavy (non-hydrogen) atoms. The van der Waals surface area contributed by atoms with Gasteiger partial charge in [-0.25, -0.2) is 0 Å². The lowest BCUT2D eigenvalue weighted by Crippen LogP contribution is -2.36. The Morgan fingerprint density at radius 2 is 2.06 bits per heavy atom. The summed E-state index contributed by atoms with van der Waals surface area (Å²) < 4.78 is 0. The molecule has 3 N–H and O–H groups in total. The Balaban J connectivity index is 2.89. The average Bonchev–Trinajstić information content (AvgIpc) is 2.24. The van der Waals surface area contributed by atoms with Crippen LogP contribution in [-0.4, -0.2) is 30.9 Å². The van der Waals surface area contributed by atoms with E-state index in [9.17, 15) is 4.79 Å².